The summed E-state index contributed by atoms with van der Waals surface area (Å²) in [4.78, 5) is 6.43. The molecule has 0 radical (unpaired) electrons. The minimum absolute atomic E-state index is 0.565. The third kappa shape index (κ3) is 5.15. The molecule has 3 nitrogen and oxygen atoms in total. The zero-order valence-electron chi connectivity index (χ0n) is 11.1. The van der Waals surface area contributed by atoms with Gasteiger partial charge in [-0.2, -0.15) is 0 Å². The number of aromatic nitrogens is 1. The highest BCUT2D eigenvalue weighted by molar-refractivity contribution is 9.10. The number of nitrogens with one attached hydrogen (secondary N) is 1. The molecule has 0 saturated heterocycles. The molecule has 17 heavy (non-hydrogen) atoms. The Kier molecular flexibility index (Phi) is 6.09. The lowest BCUT2D eigenvalue weighted by atomic mass is 10.0. The van der Waals surface area contributed by atoms with Crippen LogP contribution >= 0.6 is 15.9 Å². The van der Waals surface area contributed by atoms with E-state index < -0.39 is 0 Å². The van der Waals surface area contributed by atoms with Crippen molar-refractivity contribution >= 4 is 15.9 Å². The Morgan fingerprint density at radius 3 is 2.59 bits per heavy atom. The molecule has 0 aliphatic carbocycles. The number of hydrogen-bond donors (Lipinski definition) is 1. The number of halogens is 1. The van der Waals surface area contributed by atoms with Gasteiger partial charge in [0.1, 0.15) is 0 Å². The van der Waals surface area contributed by atoms with E-state index in [1.165, 1.54) is 5.56 Å². The fourth-order valence-corrected chi connectivity index (χ4v) is 2.34. The largest absolute Gasteiger partial charge is 0.311 e. The lowest BCUT2D eigenvalue weighted by molar-refractivity contribution is 0.224. The Morgan fingerprint density at radius 1 is 1.35 bits per heavy atom. The molecule has 4 heteroatoms. The second-order valence-corrected chi connectivity index (χ2v) is 5.83. The molecule has 0 fully saturated rings. The van der Waals surface area contributed by atoms with Gasteiger partial charge in [0, 0.05) is 36.0 Å². The maximum atomic E-state index is 4.15. The average Bonchev–Trinajstić information content (AvgIpc) is 2.23. The van der Waals surface area contributed by atoms with Crippen molar-refractivity contribution in [3.8, 4) is 0 Å². The maximum Gasteiger partial charge on any atom is 0.0410 e. The van der Waals surface area contributed by atoms with Crippen LogP contribution in [-0.4, -0.2) is 36.6 Å². The summed E-state index contributed by atoms with van der Waals surface area (Å²) in [6.45, 7) is 6.38. The van der Waals surface area contributed by atoms with E-state index in [2.05, 4.69) is 65.1 Å². The zero-order chi connectivity index (χ0) is 12.8. The number of pyridine rings is 1. The Balaban J connectivity index is 2.41. The van der Waals surface area contributed by atoms with Crippen molar-refractivity contribution in [2.24, 2.45) is 5.92 Å². The molecule has 96 valence electrons. The average molecular weight is 300 g/mol. The van der Waals surface area contributed by atoms with Crippen molar-refractivity contribution in [3.05, 3.63) is 28.5 Å². The number of rotatable bonds is 6. The van der Waals surface area contributed by atoms with E-state index in [1.54, 1.807) is 6.20 Å². The molecule has 0 aliphatic rings. The van der Waals surface area contributed by atoms with Crippen molar-refractivity contribution in [3.63, 3.8) is 0 Å². The van der Waals surface area contributed by atoms with Crippen LogP contribution in [-0.2, 0) is 6.54 Å². The highest BCUT2D eigenvalue weighted by atomic mass is 79.9. The highest BCUT2D eigenvalue weighted by Gasteiger charge is 2.14. The molecule has 1 rings (SSSR count). The normalized spacial score (nSPS) is 13.4. The molecule has 0 aliphatic heterocycles. The Morgan fingerprint density at radius 2 is 2.06 bits per heavy atom. The molecule has 1 N–H and O–H groups in total. The fourth-order valence-electron chi connectivity index (χ4n) is 1.93. The molecule has 1 aromatic rings. The summed E-state index contributed by atoms with van der Waals surface area (Å²) in [6, 6.07) is 2.66. The van der Waals surface area contributed by atoms with Crippen molar-refractivity contribution in [2.75, 3.05) is 20.6 Å². The molecule has 0 bridgehead atoms. The summed E-state index contributed by atoms with van der Waals surface area (Å²) in [7, 11) is 4.26. The van der Waals surface area contributed by atoms with E-state index in [1.807, 2.05) is 6.20 Å². The van der Waals surface area contributed by atoms with Gasteiger partial charge in [0.25, 0.3) is 0 Å². The summed E-state index contributed by atoms with van der Waals surface area (Å²) in [6.07, 6.45) is 3.71. The van der Waals surface area contributed by atoms with E-state index in [-0.39, 0.29) is 0 Å². The molecule has 0 aromatic carbocycles. The Hall–Kier alpha value is -0.450. The van der Waals surface area contributed by atoms with Gasteiger partial charge in [-0.05, 0) is 47.6 Å². The van der Waals surface area contributed by atoms with Gasteiger partial charge < -0.3 is 10.2 Å². The Labute approximate surface area is 113 Å². The summed E-state index contributed by atoms with van der Waals surface area (Å²) < 4.78 is 1.03. The molecule has 1 atom stereocenters. The smallest absolute Gasteiger partial charge is 0.0410 e. The molecule has 1 heterocycles. The van der Waals surface area contributed by atoms with Crippen LogP contribution in [0.2, 0.25) is 0 Å². The predicted molar refractivity (Wildman–Crippen MR) is 76.0 cm³/mol. The van der Waals surface area contributed by atoms with Crippen molar-refractivity contribution < 1.29 is 0 Å². The monoisotopic (exact) mass is 299 g/mol. The van der Waals surface area contributed by atoms with Gasteiger partial charge in [0.15, 0.2) is 0 Å². The minimum atomic E-state index is 0.565. The van der Waals surface area contributed by atoms with Gasteiger partial charge >= 0.3 is 0 Å². The summed E-state index contributed by atoms with van der Waals surface area (Å²) in [5.41, 5.74) is 1.21. The van der Waals surface area contributed by atoms with Crippen LogP contribution < -0.4 is 5.32 Å². The first-order valence-corrected chi connectivity index (χ1v) is 6.76. The lowest BCUT2D eigenvalue weighted by Gasteiger charge is -2.28. The van der Waals surface area contributed by atoms with Crippen LogP contribution in [0.1, 0.15) is 19.4 Å². The molecular formula is C13H22BrN3. The molecular weight excluding hydrogens is 278 g/mol. The van der Waals surface area contributed by atoms with Gasteiger partial charge in [0.05, 0.1) is 0 Å². The van der Waals surface area contributed by atoms with E-state index in [0.29, 0.717) is 12.0 Å². The third-order valence-corrected chi connectivity index (χ3v) is 3.31. The number of hydrogen-bond acceptors (Lipinski definition) is 3. The summed E-state index contributed by atoms with van der Waals surface area (Å²) in [5.74, 6) is 0.651. The van der Waals surface area contributed by atoms with E-state index in [9.17, 15) is 0 Å². The van der Waals surface area contributed by atoms with Crippen LogP contribution in [0.3, 0.4) is 0 Å². The quantitative estimate of drug-likeness (QED) is 0.875. The first kappa shape index (κ1) is 14.6. The molecule has 1 aromatic heterocycles. The molecule has 0 amide bonds. The van der Waals surface area contributed by atoms with Crippen LogP contribution in [0, 0.1) is 5.92 Å². The van der Waals surface area contributed by atoms with E-state index in [0.717, 1.165) is 17.6 Å². The van der Waals surface area contributed by atoms with Gasteiger partial charge in [-0.25, -0.2) is 0 Å². The van der Waals surface area contributed by atoms with Crippen LogP contribution in [0.4, 0.5) is 0 Å². The van der Waals surface area contributed by atoms with E-state index >= 15 is 0 Å². The van der Waals surface area contributed by atoms with Gasteiger partial charge in [-0.3, -0.25) is 4.98 Å². The van der Waals surface area contributed by atoms with Gasteiger partial charge in [0.2, 0.25) is 0 Å². The standard InChI is InChI=1S/C13H22BrN3/c1-10(2)13(17(3)4)9-16-7-11-5-12(14)8-15-6-11/h5-6,8,10,13,16H,7,9H2,1-4H3. The predicted octanol–water partition coefficient (Wildman–Crippen LogP) is 2.52. The third-order valence-electron chi connectivity index (χ3n) is 2.88. The molecule has 0 saturated carbocycles. The summed E-state index contributed by atoms with van der Waals surface area (Å²) >= 11 is 3.43. The van der Waals surface area contributed by atoms with Crippen molar-refractivity contribution in [2.45, 2.75) is 26.4 Å². The van der Waals surface area contributed by atoms with Crippen molar-refractivity contribution in [1.29, 1.82) is 0 Å². The first-order chi connectivity index (χ1) is 8.00. The number of likely N-dealkylation sites (N-methyl/N-ethyl adjacent to an activating group) is 1. The lowest BCUT2D eigenvalue weighted by Crippen LogP contribution is -2.41. The zero-order valence-corrected chi connectivity index (χ0v) is 12.7. The fraction of sp³-hybridized carbons (Fsp3) is 0.615. The van der Waals surface area contributed by atoms with Crippen LogP contribution in [0.5, 0.6) is 0 Å². The van der Waals surface area contributed by atoms with Gasteiger partial charge in [-0.1, -0.05) is 13.8 Å². The van der Waals surface area contributed by atoms with Crippen molar-refractivity contribution in [1.82, 2.24) is 15.2 Å². The van der Waals surface area contributed by atoms with E-state index in [4.69, 9.17) is 0 Å². The minimum Gasteiger partial charge on any atom is -0.311 e. The van der Waals surface area contributed by atoms with Gasteiger partial charge in [-0.15, -0.1) is 0 Å². The molecule has 0 spiro atoms. The topological polar surface area (TPSA) is 28.2 Å². The van der Waals surface area contributed by atoms with Crippen LogP contribution in [0.15, 0.2) is 22.9 Å². The summed E-state index contributed by atoms with van der Waals surface area (Å²) in [5, 5.41) is 3.49. The number of nitrogens with zero attached hydrogens (tertiary/aromatic N) is 2. The molecule has 1 unspecified atom stereocenters. The SMILES string of the molecule is CC(C)C(CNCc1cncc(Br)c1)N(C)C. The highest BCUT2D eigenvalue weighted by Crippen LogP contribution is 2.10. The maximum absolute atomic E-state index is 4.15. The first-order valence-electron chi connectivity index (χ1n) is 5.97. The Bertz CT molecular complexity index is 331. The second kappa shape index (κ2) is 7.09. The van der Waals surface area contributed by atoms with Crippen LogP contribution in [0.25, 0.3) is 0 Å². The second-order valence-electron chi connectivity index (χ2n) is 4.92.